The van der Waals surface area contributed by atoms with Crippen LogP contribution in [0.4, 0.5) is 5.82 Å². The summed E-state index contributed by atoms with van der Waals surface area (Å²) < 4.78 is 5.50. The van der Waals surface area contributed by atoms with Crippen LogP contribution in [-0.2, 0) is 24.2 Å². The van der Waals surface area contributed by atoms with Crippen LogP contribution in [0.15, 0.2) is 24.3 Å². The molecule has 0 amide bonds. The van der Waals surface area contributed by atoms with E-state index >= 15 is 0 Å². The molecule has 1 aromatic carbocycles. The van der Waals surface area contributed by atoms with Crippen molar-refractivity contribution in [1.29, 1.82) is 0 Å². The smallest absolute Gasteiger partial charge is 0.135 e. The zero-order chi connectivity index (χ0) is 13.9. The third-order valence-electron chi connectivity index (χ3n) is 3.72. The van der Waals surface area contributed by atoms with E-state index in [0.717, 1.165) is 42.3 Å². The van der Waals surface area contributed by atoms with Gasteiger partial charge in [-0.05, 0) is 18.1 Å². The molecule has 0 saturated heterocycles. The highest BCUT2D eigenvalue weighted by Crippen LogP contribution is 2.23. The summed E-state index contributed by atoms with van der Waals surface area (Å²) in [5, 5.41) is 3.16. The van der Waals surface area contributed by atoms with Crippen LogP contribution in [0.5, 0.6) is 0 Å². The molecule has 3 rings (SSSR count). The van der Waals surface area contributed by atoms with Gasteiger partial charge < -0.3 is 10.1 Å². The normalized spacial score (nSPS) is 13.9. The molecule has 0 fully saturated rings. The topological polar surface area (TPSA) is 47.0 Å². The summed E-state index contributed by atoms with van der Waals surface area (Å²) in [6.45, 7) is 3.48. The second-order valence-electron chi connectivity index (χ2n) is 5.07. The first-order valence-corrected chi connectivity index (χ1v) is 6.96. The Morgan fingerprint density at radius 2 is 2.10 bits per heavy atom. The number of ether oxygens (including phenoxy) is 1. The number of hydrogen-bond acceptors (Lipinski definition) is 4. The molecule has 4 nitrogen and oxygen atoms in total. The molecule has 4 heteroatoms. The second-order valence-corrected chi connectivity index (χ2v) is 5.07. The van der Waals surface area contributed by atoms with Gasteiger partial charge in [-0.1, -0.05) is 24.3 Å². The number of rotatable bonds is 3. The summed E-state index contributed by atoms with van der Waals surface area (Å²) in [4.78, 5) is 9.37. The Kier molecular flexibility index (Phi) is 3.65. The molecule has 0 spiro atoms. The van der Waals surface area contributed by atoms with E-state index in [-0.39, 0.29) is 0 Å². The highest BCUT2D eigenvalue weighted by molar-refractivity contribution is 5.47. The van der Waals surface area contributed by atoms with Crippen molar-refractivity contribution in [2.45, 2.75) is 26.4 Å². The Morgan fingerprint density at radius 1 is 1.25 bits per heavy atom. The predicted octanol–water partition coefficient (Wildman–Crippen LogP) is 2.49. The Labute approximate surface area is 119 Å². The first-order valence-electron chi connectivity index (χ1n) is 6.96. The Hall–Kier alpha value is -1.94. The second kappa shape index (κ2) is 5.59. The summed E-state index contributed by atoms with van der Waals surface area (Å²) in [5.74, 6) is 1.78. The summed E-state index contributed by atoms with van der Waals surface area (Å²) >= 11 is 0. The molecule has 20 heavy (non-hydrogen) atoms. The van der Waals surface area contributed by atoms with Crippen molar-refractivity contribution in [3.8, 4) is 0 Å². The molecule has 1 aliphatic heterocycles. The zero-order valence-electron chi connectivity index (χ0n) is 11.9. The minimum atomic E-state index is 0.607. The van der Waals surface area contributed by atoms with Gasteiger partial charge in [0.2, 0.25) is 0 Å². The van der Waals surface area contributed by atoms with Crippen molar-refractivity contribution in [2.24, 2.45) is 0 Å². The molecule has 0 radical (unpaired) electrons. The number of nitrogens with zero attached hydrogens (tertiary/aromatic N) is 2. The molecule has 1 aliphatic rings. The molecule has 2 aromatic rings. The van der Waals surface area contributed by atoms with Crippen LogP contribution in [0.3, 0.4) is 0 Å². The van der Waals surface area contributed by atoms with Gasteiger partial charge in [0.25, 0.3) is 0 Å². The summed E-state index contributed by atoms with van der Waals surface area (Å²) in [6, 6.07) is 8.39. The number of nitrogens with one attached hydrogen (secondary N) is 1. The minimum absolute atomic E-state index is 0.607. The van der Waals surface area contributed by atoms with E-state index in [1.54, 1.807) is 0 Å². The van der Waals surface area contributed by atoms with Gasteiger partial charge in [-0.15, -0.1) is 0 Å². The van der Waals surface area contributed by atoms with Gasteiger partial charge in [0.15, 0.2) is 0 Å². The molecule has 0 aliphatic carbocycles. The molecular formula is C16H19N3O. The van der Waals surface area contributed by atoms with Gasteiger partial charge in [-0.3, -0.25) is 0 Å². The molecule has 1 aromatic heterocycles. The number of hydrogen-bond donors (Lipinski definition) is 1. The Balaban J connectivity index is 1.96. The number of benzene rings is 1. The first kappa shape index (κ1) is 13.1. The van der Waals surface area contributed by atoms with Crippen molar-refractivity contribution in [3.05, 3.63) is 52.5 Å². The lowest BCUT2D eigenvalue weighted by Gasteiger charge is -2.19. The van der Waals surface area contributed by atoms with E-state index in [4.69, 9.17) is 9.72 Å². The lowest BCUT2D eigenvalue weighted by molar-refractivity contribution is 0.109. The van der Waals surface area contributed by atoms with E-state index in [1.807, 2.05) is 7.05 Å². The maximum atomic E-state index is 5.50. The Morgan fingerprint density at radius 3 is 2.90 bits per heavy atom. The van der Waals surface area contributed by atoms with Crippen LogP contribution in [0.25, 0.3) is 0 Å². The van der Waals surface area contributed by atoms with Crippen LogP contribution in [0.2, 0.25) is 0 Å². The maximum Gasteiger partial charge on any atom is 0.135 e. The number of aryl methyl sites for hydroxylation is 1. The Bertz CT molecular complexity index is 608. The summed E-state index contributed by atoms with van der Waals surface area (Å²) in [5.41, 5.74) is 4.79. The third kappa shape index (κ3) is 2.51. The molecule has 0 unspecified atom stereocenters. The van der Waals surface area contributed by atoms with E-state index in [2.05, 4.69) is 41.5 Å². The molecule has 0 atom stereocenters. The van der Waals surface area contributed by atoms with E-state index < -0.39 is 0 Å². The standard InChI is InChI=1S/C16H19N3O/c1-11-5-3-4-6-12(11)9-15-18-14-7-8-20-10-13(14)16(17-2)19-15/h3-6H,7-10H2,1-2H3,(H,17,18,19). The van der Waals surface area contributed by atoms with Crippen molar-refractivity contribution >= 4 is 5.82 Å². The van der Waals surface area contributed by atoms with Crippen molar-refractivity contribution in [1.82, 2.24) is 9.97 Å². The van der Waals surface area contributed by atoms with Crippen LogP contribution < -0.4 is 5.32 Å². The molecule has 104 valence electrons. The van der Waals surface area contributed by atoms with Gasteiger partial charge in [-0.25, -0.2) is 9.97 Å². The fraction of sp³-hybridized carbons (Fsp3) is 0.375. The quantitative estimate of drug-likeness (QED) is 0.930. The van der Waals surface area contributed by atoms with Gasteiger partial charge in [0.05, 0.1) is 18.9 Å². The highest BCUT2D eigenvalue weighted by Gasteiger charge is 2.17. The lowest BCUT2D eigenvalue weighted by Crippen LogP contribution is -2.17. The summed E-state index contributed by atoms with van der Waals surface area (Å²) in [7, 11) is 1.90. The average molecular weight is 269 g/mol. The molecule has 1 N–H and O–H groups in total. The first-order chi connectivity index (χ1) is 9.78. The van der Waals surface area contributed by atoms with E-state index in [9.17, 15) is 0 Å². The SMILES string of the molecule is CNc1nc(Cc2ccccc2C)nc2c1COCC2. The van der Waals surface area contributed by atoms with Crippen LogP contribution in [0.1, 0.15) is 28.2 Å². The maximum absolute atomic E-state index is 5.50. The fourth-order valence-corrected chi connectivity index (χ4v) is 2.55. The zero-order valence-corrected chi connectivity index (χ0v) is 11.9. The predicted molar refractivity (Wildman–Crippen MR) is 78.9 cm³/mol. The molecule has 2 heterocycles. The van der Waals surface area contributed by atoms with Gasteiger partial charge in [0.1, 0.15) is 11.6 Å². The van der Waals surface area contributed by atoms with Gasteiger partial charge in [0, 0.05) is 25.5 Å². The third-order valence-corrected chi connectivity index (χ3v) is 3.72. The molecule has 0 bridgehead atoms. The number of anilines is 1. The monoisotopic (exact) mass is 269 g/mol. The largest absolute Gasteiger partial charge is 0.376 e. The van der Waals surface area contributed by atoms with E-state index in [1.165, 1.54) is 11.1 Å². The number of aromatic nitrogens is 2. The van der Waals surface area contributed by atoms with Crippen LogP contribution >= 0.6 is 0 Å². The molecule has 0 saturated carbocycles. The number of fused-ring (bicyclic) bond motifs is 1. The van der Waals surface area contributed by atoms with Crippen LogP contribution in [0, 0.1) is 6.92 Å². The lowest BCUT2D eigenvalue weighted by atomic mass is 10.0. The van der Waals surface area contributed by atoms with Crippen molar-refractivity contribution < 1.29 is 4.74 Å². The van der Waals surface area contributed by atoms with Gasteiger partial charge in [-0.2, -0.15) is 0 Å². The molecular weight excluding hydrogens is 250 g/mol. The average Bonchev–Trinajstić information content (AvgIpc) is 2.49. The fourth-order valence-electron chi connectivity index (χ4n) is 2.55. The minimum Gasteiger partial charge on any atom is -0.376 e. The summed E-state index contributed by atoms with van der Waals surface area (Å²) in [6.07, 6.45) is 1.64. The van der Waals surface area contributed by atoms with Gasteiger partial charge >= 0.3 is 0 Å². The van der Waals surface area contributed by atoms with Crippen molar-refractivity contribution in [3.63, 3.8) is 0 Å². The van der Waals surface area contributed by atoms with Crippen LogP contribution in [-0.4, -0.2) is 23.6 Å². The highest BCUT2D eigenvalue weighted by atomic mass is 16.5. The van der Waals surface area contributed by atoms with E-state index in [0.29, 0.717) is 6.61 Å². The van der Waals surface area contributed by atoms with Crippen molar-refractivity contribution in [2.75, 3.05) is 19.0 Å².